The van der Waals surface area contributed by atoms with Gasteiger partial charge in [0.15, 0.2) is 0 Å². The number of β-lactam (4-membered cyclic amide) rings is 1. The average molecular weight is 369 g/mol. The van der Waals surface area contributed by atoms with Crippen LogP contribution in [0.2, 0.25) is 0 Å². The van der Waals surface area contributed by atoms with Crippen LogP contribution < -0.4 is 0 Å². The predicted molar refractivity (Wildman–Crippen MR) is 75.6 cm³/mol. The van der Waals surface area contributed by atoms with Crippen molar-refractivity contribution in [3.8, 4) is 0 Å². The van der Waals surface area contributed by atoms with Crippen LogP contribution in [-0.2, 0) is 35.0 Å². The lowest BCUT2D eigenvalue weighted by molar-refractivity contribution is -0.160. The Hall–Kier alpha value is -1.34. The fourth-order valence-corrected chi connectivity index (χ4v) is 4.55. The van der Waals surface area contributed by atoms with E-state index in [9.17, 15) is 27.3 Å². The summed E-state index contributed by atoms with van der Waals surface area (Å²) in [7, 11) is -6.52. The Balaban J connectivity index is 2.26. The first-order valence-corrected chi connectivity index (χ1v) is 9.21. The fraction of sp³-hybridized carbons (Fsp3) is 0.636. The zero-order chi connectivity index (χ0) is 17.5. The molecule has 2 aliphatic heterocycles. The van der Waals surface area contributed by atoms with Gasteiger partial charge in [-0.3, -0.25) is 13.6 Å². The number of fused-ring (bicyclic) bond motifs is 1. The van der Waals surface area contributed by atoms with Gasteiger partial charge in [-0.25, -0.2) is 8.98 Å². The van der Waals surface area contributed by atoms with E-state index in [1.807, 2.05) is 0 Å². The molecule has 12 heteroatoms. The number of nitrogens with zero attached hydrogens (tertiary/aromatic N) is 1. The number of carbonyl (C=O) groups is 2. The van der Waals surface area contributed by atoms with Crippen LogP contribution in [0.4, 0.5) is 0 Å². The Morgan fingerprint density at radius 2 is 2.13 bits per heavy atom. The molecule has 1 amide bonds. The standard InChI is InChI=1S/C11H15NO9S2/c1-5(21-23(18,19)20)8-6-4-7(22(17)3-2-13)9(11(15)16)12(6)10(8)14/h5-6,8,13H,2-4H2,1H3,(H,15,16)(H,18,19,20)/t5-,6+,8-,22?/m0/s1. The summed E-state index contributed by atoms with van der Waals surface area (Å²) in [4.78, 5) is 24.4. The first-order valence-electron chi connectivity index (χ1n) is 6.53. The summed E-state index contributed by atoms with van der Waals surface area (Å²) in [6.07, 6.45) is -1.22. The Morgan fingerprint density at radius 1 is 1.52 bits per heavy atom. The predicted octanol–water partition coefficient (Wildman–Crippen LogP) is -1.54. The van der Waals surface area contributed by atoms with Crippen molar-refractivity contribution in [1.29, 1.82) is 0 Å². The summed E-state index contributed by atoms with van der Waals surface area (Å²) in [5, 5.41) is 18.1. The maximum atomic E-state index is 12.1. The van der Waals surface area contributed by atoms with Crippen LogP contribution in [-0.4, -0.2) is 68.7 Å². The van der Waals surface area contributed by atoms with Gasteiger partial charge in [-0.05, 0) is 6.92 Å². The number of aliphatic hydroxyl groups is 1. The molecule has 0 aromatic rings. The SMILES string of the molecule is C[C@H](OS(=O)(=O)O)[C@@H]1C(=O)N2C(C(=O)O)=C(S(=O)CCO)C[C@H]12. The van der Waals surface area contributed by atoms with E-state index in [2.05, 4.69) is 4.18 Å². The summed E-state index contributed by atoms with van der Waals surface area (Å²) in [5.74, 6) is -3.25. The number of aliphatic hydroxyl groups excluding tert-OH is 1. The highest BCUT2D eigenvalue weighted by Gasteiger charge is 2.58. The van der Waals surface area contributed by atoms with Crippen LogP contribution in [0.25, 0.3) is 0 Å². The molecule has 0 aromatic heterocycles. The van der Waals surface area contributed by atoms with Crippen molar-refractivity contribution in [3.63, 3.8) is 0 Å². The molecule has 0 radical (unpaired) electrons. The first kappa shape index (κ1) is 18.0. The molecule has 10 nitrogen and oxygen atoms in total. The molecule has 0 saturated carbocycles. The maximum absolute atomic E-state index is 12.1. The van der Waals surface area contributed by atoms with Crippen LogP contribution in [0.3, 0.4) is 0 Å². The van der Waals surface area contributed by atoms with Gasteiger partial charge >= 0.3 is 16.4 Å². The molecule has 1 saturated heterocycles. The number of rotatable bonds is 7. The minimum absolute atomic E-state index is 0.0199. The van der Waals surface area contributed by atoms with E-state index in [1.165, 1.54) is 6.92 Å². The second-order valence-electron chi connectivity index (χ2n) is 5.08. The average Bonchev–Trinajstić information content (AvgIpc) is 2.72. The minimum Gasteiger partial charge on any atom is -0.477 e. The van der Waals surface area contributed by atoms with E-state index in [4.69, 9.17) is 9.66 Å². The third-order valence-corrected chi connectivity index (χ3v) is 5.71. The molecular weight excluding hydrogens is 354 g/mol. The fourth-order valence-electron chi connectivity index (χ4n) is 2.88. The number of carboxylic acid groups (broad SMARTS) is 1. The first-order chi connectivity index (χ1) is 10.6. The molecule has 23 heavy (non-hydrogen) atoms. The zero-order valence-corrected chi connectivity index (χ0v) is 13.5. The van der Waals surface area contributed by atoms with Crippen LogP contribution in [0, 0.1) is 5.92 Å². The number of hydrogen-bond acceptors (Lipinski definition) is 7. The normalized spacial score (nSPS) is 26.7. The number of amides is 1. The van der Waals surface area contributed by atoms with Gasteiger partial charge in [0.1, 0.15) is 5.70 Å². The van der Waals surface area contributed by atoms with Gasteiger partial charge in [0.05, 0.1) is 41.2 Å². The Bertz CT molecular complexity index is 698. The summed E-state index contributed by atoms with van der Waals surface area (Å²) in [6, 6.07) is -0.706. The Kier molecular flexibility index (Phi) is 4.92. The third kappa shape index (κ3) is 3.30. The van der Waals surface area contributed by atoms with Gasteiger partial charge in [0, 0.05) is 11.3 Å². The van der Waals surface area contributed by atoms with Gasteiger partial charge in [-0.15, -0.1) is 0 Å². The Labute approximate surface area is 134 Å². The smallest absolute Gasteiger partial charge is 0.397 e. The summed E-state index contributed by atoms with van der Waals surface area (Å²) in [5.41, 5.74) is -0.401. The van der Waals surface area contributed by atoms with Crippen LogP contribution in [0.1, 0.15) is 13.3 Å². The topological polar surface area (TPSA) is 159 Å². The van der Waals surface area contributed by atoms with Crippen molar-refractivity contribution in [3.05, 3.63) is 10.6 Å². The lowest BCUT2D eigenvalue weighted by Gasteiger charge is -2.45. The van der Waals surface area contributed by atoms with Gasteiger partial charge < -0.3 is 15.1 Å². The number of aliphatic carboxylic acids is 1. The highest BCUT2D eigenvalue weighted by atomic mass is 32.3. The largest absolute Gasteiger partial charge is 0.477 e. The van der Waals surface area contributed by atoms with Crippen molar-refractivity contribution in [1.82, 2.24) is 4.90 Å². The van der Waals surface area contributed by atoms with Crippen LogP contribution in [0.5, 0.6) is 0 Å². The van der Waals surface area contributed by atoms with Crippen molar-refractivity contribution in [2.75, 3.05) is 12.4 Å². The third-order valence-electron chi connectivity index (χ3n) is 3.70. The van der Waals surface area contributed by atoms with Gasteiger partial charge in [-0.1, -0.05) is 0 Å². The molecule has 4 atom stereocenters. The highest BCUT2D eigenvalue weighted by molar-refractivity contribution is 7.89. The van der Waals surface area contributed by atoms with Gasteiger partial charge in [0.25, 0.3) is 0 Å². The van der Waals surface area contributed by atoms with E-state index in [-0.39, 0.29) is 17.1 Å². The molecule has 0 bridgehead atoms. The summed E-state index contributed by atoms with van der Waals surface area (Å²) in [6.45, 7) is 0.851. The van der Waals surface area contributed by atoms with Crippen molar-refractivity contribution in [2.45, 2.75) is 25.5 Å². The minimum atomic E-state index is -4.76. The van der Waals surface area contributed by atoms with Crippen LogP contribution in [0.15, 0.2) is 10.6 Å². The van der Waals surface area contributed by atoms with Crippen molar-refractivity contribution >= 4 is 33.1 Å². The van der Waals surface area contributed by atoms with Crippen LogP contribution >= 0.6 is 0 Å². The quantitative estimate of drug-likeness (QED) is 0.357. The molecule has 0 spiro atoms. The number of carbonyl (C=O) groups excluding carboxylic acids is 1. The summed E-state index contributed by atoms with van der Waals surface area (Å²) >= 11 is 0. The Morgan fingerprint density at radius 3 is 2.61 bits per heavy atom. The molecular formula is C11H15NO9S2. The molecule has 3 N–H and O–H groups in total. The van der Waals surface area contributed by atoms with Gasteiger partial charge in [0.2, 0.25) is 5.91 Å². The highest BCUT2D eigenvalue weighted by Crippen LogP contribution is 2.45. The molecule has 2 heterocycles. The van der Waals surface area contributed by atoms with Crippen molar-refractivity contribution in [2.24, 2.45) is 5.92 Å². The molecule has 0 aromatic carbocycles. The van der Waals surface area contributed by atoms with E-state index in [0.29, 0.717) is 0 Å². The van der Waals surface area contributed by atoms with Gasteiger partial charge in [-0.2, -0.15) is 8.42 Å². The lowest BCUT2D eigenvalue weighted by Crippen LogP contribution is -2.62. The molecule has 0 aliphatic carbocycles. The molecule has 1 unspecified atom stereocenters. The van der Waals surface area contributed by atoms with E-state index in [1.54, 1.807) is 0 Å². The second-order valence-corrected chi connectivity index (χ2v) is 7.72. The second kappa shape index (κ2) is 6.28. The van der Waals surface area contributed by atoms with Crippen molar-refractivity contribution < 1.29 is 41.2 Å². The monoisotopic (exact) mass is 369 g/mol. The summed E-state index contributed by atoms with van der Waals surface area (Å²) < 4.78 is 46.5. The number of hydrogen-bond donors (Lipinski definition) is 3. The maximum Gasteiger partial charge on any atom is 0.397 e. The van der Waals surface area contributed by atoms with E-state index < -0.39 is 63.4 Å². The molecule has 1 fully saturated rings. The van der Waals surface area contributed by atoms with E-state index in [0.717, 1.165) is 4.90 Å². The lowest BCUT2D eigenvalue weighted by atomic mass is 9.83. The zero-order valence-electron chi connectivity index (χ0n) is 11.9. The molecule has 2 rings (SSSR count). The number of carboxylic acids is 1. The molecule has 2 aliphatic rings. The molecule has 130 valence electrons. The van der Waals surface area contributed by atoms with E-state index >= 15 is 0 Å².